The number of carbonyl (C=O) groups is 2. The number of aliphatic carboxylic acids is 1. The number of amides is 1. The SMILES string of the molecule is CCC(C)C(NC(=O)[C@@H]1CCCCN1)C(=O)O. The van der Waals surface area contributed by atoms with Gasteiger partial charge in [0.05, 0.1) is 6.04 Å². The number of carboxylic acid groups (broad SMARTS) is 1. The van der Waals surface area contributed by atoms with Gasteiger partial charge < -0.3 is 15.7 Å². The Balaban J connectivity index is 2.53. The lowest BCUT2D eigenvalue weighted by atomic mass is 9.98. The summed E-state index contributed by atoms with van der Waals surface area (Å²) in [6, 6.07) is -1.01. The minimum absolute atomic E-state index is 0.0555. The molecule has 3 N–H and O–H groups in total. The number of hydrogen-bond donors (Lipinski definition) is 3. The molecule has 1 saturated heterocycles. The fourth-order valence-electron chi connectivity index (χ4n) is 2.01. The van der Waals surface area contributed by atoms with Gasteiger partial charge in [0, 0.05) is 0 Å². The number of nitrogens with one attached hydrogen (secondary N) is 2. The zero-order valence-electron chi connectivity index (χ0n) is 10.5. The smallest absolute Gasteiger partial charge is 0.326 e. The molecule has 1 fully saturated rings. The van der Waals surface area contributed by atoms with E-state index in [0.717, 1.165) is 32.2 Å². The lowest BCUT2D eigenvalue weighted by molar-refractivity contribution is -0.143. The van der Waals surface area contributed by atoms with Crippen molar-refractivity contribution in [3.63, 3.8) is 0 Å². The fraction of sp³-hybridized carbons (Fsp3) is 0.833. The van der Waals surface area contributed by atoms with Crippen LogP contribution in [0.3, 0.4) is 0 Å². The molecule has 1 aliphatic rings. The van der Waals surface area contributed by atoms with E-state index in [-0.39, 0.29) is 17.9 Å². The third-order valence-corrected chi connectivity index (χ3v) is 3.40. The van der Waals surface area contributed by atoms with Gasteiger partial charge in [-0.25, -0.2) is 4.79 Å². The first-order valence-electron chi connectivity index (χ1n) is 6.32. The number of carboxylic acids is 1. The Morgan fingerprint density at radius 1 is 1.47 bits per heavy atom. The Morgan fingerprint density at radius 2 is 2.18 bits per heavy atom. The average Bonchev–Trinajstić information content (AvgIpc) is 2.35. The summed E-state index contributed by atoms with van der Waals surface area (Å²) in [5.41, 5.74) is 0. The van der Waals surface area contributed by atoms with E-state index in [1.165, 1.54) is 0 Å². The second-order valence-corrected chi connectivity index (χ2v) is 4.71. The molecule has 3 atom stereocenters. The maximum Gasteiger partial charge on any atom is 0.326 e. The van der Waals surface area contributed by atoms with Crippen LogP contribution in [-0.2, 0) is 9.59 Å². The highest BCUT2D eigenvalue weighted by atomic mass is 16.4. The van der Waals surface area contributed by atoms with E-state index in [1.54, 1.807) is 0 Å². The summed E-state index contributed by atoms with van der Waals surface area (Å²) in [4.78, 5) is 23.0. The minimum Gasteiger partial charge on any atom is -0.480 e. The summed E-state index contributed by atoms with van der Waals surface area (Å²) < 4.78 is 0. The van der Waals surface area contributed by atoms with Crippen LogP contribution >= 0.6 is 0 Å². The first-order chi connectivity index (χ1) is 8.06. The van der Waals surface area contributed by atoms with E-state index >= 15 is 0 Å². The van der Waals surface area contributed by atoms with E-state index in [4.69, 9.17) is 5.11 Å². The van der Waals surface area contributed by atoms with Crippen LogP contribution in [0.15, 0.2) is 0 Å². The molecule has 1 heterocycles. The van der Waals surface area contributed by atoms with Crippen molar-refractivity contribution < 1.29 is 14.7 Å². The predicted molar refractivity (Wildman–Crippen MR) is 64.7 cm³/mol. The standard InChI is InChI=1S/C12H22N2O3/c1-3-8(2)10(12(16)17)14-11(15)9-6-4-5-7-13-9/h8-10,13H,3-7H2,1-2H3,(H,14,15)(H,16,17)/t8?,9-,10?/m0/s1. The molecular formula is C12H22N2O3. The number of hydrogen-bond acceptors (Lipinski definition) is 3. The van der Waals surface area contributed by atoms with E-state index < -0.39 is 12.0 Å². The molecule has 5 heteroatoms. The van der Waals surface area contributed by atoms with Crippen LogP contribution in [0, 0.1) is 5.92 Å². The zero-order chi connectivity index (χ0) is 12.8. The molecule has 5 nitrogen and oxygen atoms in total. The normalized spacial score (nSPS) is 23.8. The van der Waals surface area contributed by atoms with Crippen molar-refractivity contribution in [2.75, 3.05) is 6.54 Å². The van der Waals surface area contributed by atoms with Gasteiger partial charge in [-0.2, -0.15) is 0 Å². The van der Waals surface area contributed by atoms with Gasteiger partial charge >= 0.3 is 5.97 Å². The summed E-state index contributed by atoms with van der Waals surface area (Å²) in [6.45, 7) is 4.60. The summed E-state index contributed by atoms with van der Waals surface area (Å²) in [5.74, 6) is -1.19. The zero-order valence-corrected chi connectivity index (χ0v) is 10.5. The van der Waals surface area contributed by atoms with E-state index in [0.29, 0.717) is 0 Å². The molecule has 17 heavy (non-hydrogen) atoms. The monoisotopic (exact) mass is 242 g/mol. The molecule has 0 bridgehead atoms. The van der Waals surface area contributed by atoms with Crippen LogP contribution in [0.5, 0.6) is 0 Å². The van der Waals surface area contributed by atoms with Crippen LogP contribution in [-0.4, -0.2) is 35.6 Å². The van der Waals surface area contributed by atoms with Gasteiger partial charge in [0.2, 0.25) is 5.91 Å². The van der Waals surface area contributed by atoms with Gasteiger partial charge in [-0.1, -0.05) is 26.7 Å². The number of piperidine rings is 1. The Morgan fingerprint density at radius 3 is 2.65 bits per heavy atom. The Labute approximate surface area is 102 Å². The third-order valence-electron chi connectivity index (χ3n) is 3.40. The van der Waals surface area contributed by atoms with Crippen molar-refractivity contribution in [3.05, 3.63) is 0 Å². The molecule has 1 aliphatic heterocycles. The van der Waals surface area contributed by atoms with Crippen molar-refractivity contribution >= 4 is 11.9 Å². The van der Waals surface area contributed by atoms with E-state index in [1.807, 2.05) is 13.8 Å². The van der Waals surface area contributed by atoms with Crippen LogP contribution in [0.4, 0.5) is 0 Å². The molecule has 0 aromatic carbocycles. The first-order valence-corrected chi connectivity index (χ1v) is 6.32. The van der Waals surface area contributed by atoms with Gasteiger partial charge in [0.25, 0.3) is 0 Å². The molecular weight excluding hydrogens is 220 g/mol. The largest absolute Gasteiger partial charge is 0.480 e. The first kappa shape index (κ1) is 14.0. The van der Waals surface area contributed by atoms with Gasteiger partial charge in [-0.05, 0) is 25.3 Å². The highest BCUT2D eigenvalue weighted by Crippen LogP contribution is 2.11. The maximum absolute atomic E-state index is 11.9. The lowest BCUT2D eigenvalue weighted by Gasteiger charge is -2.26. The average molecular weight is 242 g/mol. The lowest BCUT2D eigenvalue weighted by Crippen LogP contribution is -2.53. The van der Waals surface area contributed by atoms with Crippen molar-refractivity contribution in [1.29, 1.82) is 0 Å². The Bertz CT molecular complexity index is 275. The van der Waals surface area contributed by atoms with E-state index in [2.05, 4.69) is 10.6 Å². The van der Waals surface area contributed by atoms with Gasteiger partial charge in [-0.15, -0.1) is 0 Å². The van der Waals surface area contributed by atoms with Crippen LogP contribution in [0.1, 0.15) is 39.5 Å². The van der Waals surface area contributed by atoms with Crippen LogP contribution in [0.25, 0.3) is 0 Å². The highest BCUT2D eigenvalue weighted by molar-refractivity contribution is 5.87. The molecule has 98 valence electrons. The highest BCUT2D eigenvalue weighted by Gasteiger charge is 2.29. The summed E-state index contributed by atoms with van der Waals surface area (Å²) >= 11 is 0. The molecule has 0 radical (unpaired) electrons. The molecule has 0 aliphatic carbocycles. The van der Waals surface area contributed by atoms with Crippen LogP contribution in [0.2, 0.25) is 0 Å². The molecule has 0 spiro atoms. The Hall–Kier alpha value is -1.10. The maximum atomic E-state index is 11.9. The molecule has 1 rings (SSSR count). The summed E-state index contributed by atoms with van der Waals surface area (Å²) in [5, 5.41) is 14.8. The minimum atomic E-state index is -0.955. The molecule has 0 saturated carbocycles. The van der Waals surface area contributed by atoms with Crippen LogP contribution < -0.4 is 10.6 Å². The predicted octanol–water partition coefficient (Wildman–Crippen LogP) is 0.744. The second kappa shape index (κ2) is 6.59. The van der Waals surface area contributed by atoms with Crippen molar-refractivity contribution in [3.8, 4) is 0 Å². The van der Waals surface area contributed by atoms with Crippen molar-refractivity contribution in [2.24, 2.45) is 5.92 Å². The third kappa shape index (κ3) is 4.00. The molecule has 1 amide bonds. The van der Waals surface area contributed by atoms with Gasteiger partial charge in [0.1, 0.15) is 6.04 Å². The second-order valence-electron chi connectivity index (χ2n) is 4.71. The van der Waals surface area contributed by atoms with Crippen molar-refractivity contribution in [1.82, 2.24) is 10.6 Å². The number of carbonyl (C=O) groups excluding carboxylic acids is 1. The summed E-state index contributed by atoms with van der Waals surface area (Å²) in [6.07, 6.45) is 3.62. The molecule has 0 aromatic rings. The van der Waals surface area contributed by atoms with E-state index in [9.17, 15) is 9.59 Å². The Kier molecular flexibility index (Phi) is 5.41. The number of rotatable bonds is 5. The van der Waals surface area contributed by atoms with Gasteiger partial charge in [0.15, 0.2) is 0 Å². The van der Waals surface area contributed by atoms with Gasteiger partial charge in [-0.3, -0.25) is 4.79 Å². The quantitative estimate of drug-likeness (QED) is 0.664. The molecule has 2 unspecified atom stereocenters. The fourth-order valence-corrected chi connectivity index (χ4v) is 2.01. The summed E-state index contributed by atoms with van der Waals surface area (Å²) in [7, 11) is 0. The topological polar surface area (TPSA) is 78.4 Å². The van der Waals surface area contributed by atoms with Crippen molar-refractivity contribution in [2.45, 2.75) is 51.6 Å². The molecule has 0 aromatic heterocycles.